The van der Waals surface area contributed by atoms with Crippen LogP contribution in [0.25, 0.3) is 0 Å². The van der Waals surface area contributed by atoms with Crippen molar-refractivity contribution in [2.24, 2.45) is 0 Å². The van der Waals surface area contributed by atoms with Gasteiger partial charge in [-0.05, 0) is 30.7 Å². The van der Waals surface area contributed by atoms with Crippen LogP contribution in [0.1, 0.15) is 11.3 Å². The minimum Gasteiger partial charge on any atom is -0.480 e. The quantitative estimate of drug-likeness (QED) is 0.482. The number of nitro groups is 1. The van der Waals surface area contributed by atoms with E-state index in [0.29, 0.717) is 10.7 Å². The average Bonchev–Trinajstić information content (AvgIpc) is 2.40. The fraction of sp³-hybridized carbons (Fsp3) is 0.154. The zero-order valence-corrected chi connectivity index (χ0v) is 12.0. The van der Waals surface area contributed by atoms with Gasteiger partial charge in [-0.1, -0.05) is 29.3 Å². The van der Waals surface area contributed by atoms with Crippen LogP contribution >= 0.6 is 23.2 Å². The van der Waals surface area contributed by atoms with Crippen LogP contribution in [0.15, 0.2) is 30.3 Å². The van der Waals surface area contributed by atoms with Crippen LogP contribution in [0.3, 0.4) is 0 Å². The lowest BCUT2D eigenvalue weighted by atomic mass is 10.2. The van der Waals surface area contributed by atoms with E-state index in [1.54, 1.807) is 31.2 Å². The van der Waals surface area contributed by atoms with E-state index >= 15 is 0 Å². The van der Waals surface area contributed by atoms with Gasteiger partial charge in [0.05, 0.1) is 15.6 Å². The number of nitrogens with zero attached hydrogens (tertiary/aromatic N) is 2. The first kappa shape index (κ1) is 14.6. The summed E-state index contributed by atoms with van der Waals surface area (Å²) in [6.45, 7) is 1.77. The molecule has 0 fully saturated rings. The van der Waals surface area contributed by atoms with Crippen LogP contribution in [-0.2, 0) is 6.61 Å². The van der Waals surface area contributed by atoms with Gasteiger partial charge >= 0.3 is 5.69 Å². The summed E-state index contributed by atoms with van der Waals surface area (Å²) in [5.41, 5.74) is 1.11. The molecular weight excluding hydrogens is 303 g/mol. The lowest BCUT2D eigenvalue weighted by Crippen LogP contribution is -2.02. The number of pyridine rings is 1. The summed E-state index contributed by atoms with van der Waals surface area (Å²) < 4.78 is 5.43. The van der Waals surface area contributed by atoms with Crippen LogP contribution in [-0.4, -0.2) is 9.91 Å². The highest BCUT2D eigenvalue weighted by Crippen LogP contribution is 2.29. The van der Waals surface area contributed by atoms with Crippen LogP contribution in [0.4, 0.5) is 5.69 Å². The molecule has 2 aromatic rings. The summed E-state index contributed by atoms with van der Waals surface area (Å²) in [6, 6.07) is 7.88. The van der Waals surface area contributed by atoms with Gasteiger partial charge < -0.3 is 4.74 Å². The number of benzene rings is 1. The molecule has 1 aromatic carbocycles. The standard InChI is InChI=1S/C13H10Cl2N2O3/c1-8-2-4-12(11(6-8)17(18)19)20-7-10-9(14)3-5-13(15)16-10/h2-6H,7H2,1H3. The van der Waals surface area contributed by atoms with E-state index in [0.717, 1.165) is 5.56 Å². The molecule has 5 nitrogen and oxygen atoms in total. The lowest BCUT2D eigenvalue weighted by Gasteiger charge is -2.08. The Labute approximate surface area is 125 Å². The van der Waals surface area contributed by atoms with Gasteiger partial charge in [-0.25, -0.2) is 4.98 Å². The molecular formula is C13H10Cl2N2O3. The Morgan fingerprint density at radius 3 is 2.75 bits per heavy atom. The van der Waals surface area contributed by atoms with E-state index in [9.17, 15) is 10.1 Å². The van der Waals surface area contributed by atoms with E-state index in [2.05, 4.69) is 4.98 Å². The van der Waals surface area contributed by atoms with E-state index < -0.39 is 4.92 Å². The monoisotopic (exact) mass is 312 g/mol. The van der Waals surface area contributed by atoms with Crippen molar-refractivity contribution in [2.75, 3.05) is 0 Å². The van der Waals surface area contributed by atoms with E-state index in [4.69, 9.17) is 27.9 Å². The maximum atomic E-state index is 11.0. The second-order valence-corrected chi connectivity index (χ2v) is 4.87. The van der Waals surface area contributed by atoms with Crippen molar-refractivity contribution in [1.29, 1.82) is 0 Å². The Balaban J connectivity index is 2.23. The Kier molecular flexibility index (Phi) is 4.42. The van der Waals surface area contributed by atoms with E-state index in [1.807, 2.05) is 0 Å². The Morgan fingerprint density at radius 2 is 2.05 bits per heavy atom. The molecule has 0 radical (unpaired) electrons. The van der Waals surface area contributed by atoms with Crippen molar-refractivity contribution in [3.05, 3.63) is 61.9 Å². The Bertz CT molecular complexity index is 662. The van der Waals surface area contributed by atoms with Gasteiger partial charge in [0.25, 0.3) is 0 Å². The number of ether oxygens (including phenoxy) is 1. The first-order valence-corrected chi connectivity index (χ1v) is 6.41. The molecule has 0 aliphatic rings. The molecule has 0 saturated heterocycles. The van der Waals surface area contributed by atoms with E-state index in [1.165, 1.54) is 6.07 Å². The summed E-state index contributed by atoms with van der Waals surface area (Å²) in [7, 11) is 0. The highest BCUT2D eigenvalue weighted by molar-refractivity contribution is 6.32. The predicted molar refractivity (Wildman–Crippen MR) is 76.4 cm³/mol. The Hall–Kier alpha value is -1.85. The zero-order chi connectivity index (χ0) is 14.7. The van der Waals surface area contributed by atoms with Crippen molar-refractivity contribution >= 4 is 28.9 Å². The molecule has 0 aliphatic heterocycles. The topological polar surface area (TPSA) is 65.3 Å². The fourth-order valence-corrected chi connectivity index (χ4v) is 1.92. The molecule has 7 heteroatoms. The number of halogens is 2. The highest BCUT2D eigenvalue weighted by Gasteiger charge is 2.16. The Morgan fingerprint density at radius 1 is 1.30 bits per heavy atom. The second-order valence-electron chi connectivity index (χ2n) is 4.08. The summed E-state index contributed by atoms with van der Waals surface area (Å²) in [4.78, 5) is 14.5. The molecule has 2 rings (SSSR count). The lowest BCUT2D eigenvalue weighted by molar-refractivity contribution is -0.386. The van der Waals surface area contributed by atoms with Gasteiger partial charge in [-0.2, -0.15) is 0 Å². The third kappa shape index (κ3) is 3.37. The summed E-state index contributed by atoms with van der Waals surface area (Å²) >= 11 is 11.7. The van der Waals surface area contributed by atoms with Gasteiger partial charge in [-0.3, -0.25) is 10.1 Å². The predicted octanol–water partition coefficient (Wildman–Crippen LogP) is 4.18. The molecule has 0 saturated carbocycles. The number of hydrogen-bond acceptors (Lipinski definition) is 4. The second kappa shape index (κ2) is 6.07. The largest absolute Gasteiger partial charge is 0.480 e. The van der Waals surface area contributed by atoms with Gasteiger partial charge in [0.2, 0.25) is 0 Å². The number of aromatic nitrogens is 1. The molecule has 0 atom stereocenters. The maximum Gasteiger partial charge on any atom is 0.311 e. The fourth-order valence-electron chi connectivity index (χ4n) is 1.60. The molecule has 0 aliphatic carbocycles. The maximum absolute atomic E-state index is 11.0. The third-order valence-corrected chi connectivity index (χ3v) is 3.11. The molecule has 20 heavy (non-hydrogen) atoms. The van der Waals surface area contributed by atoms with Crippen LogP contribution in [0, 0.1) is 17.0 Å². The third-order valence-electron chi connectivity index (χ3n) is 2.56. The van der Waals surface area contributed by atoms with Crippen molar-refractivity contribution < 1.29 is 9.66 Å². The molecule has 0 amide bonds. The first-order valence-electron chi connectivity index (χ1n) is 5.66. The van der Waals surface area contributed by atoms with Crippen molar-refractivity contribution in [1.82, 2.24) is 4.98 Å². The summed E-state index contributed by atoms with van der Waals surface area (Å²) in [6.07, 6.45) is 0. The molecule has 0 unspecified atom stereocenters. The van der Waals surface area contributed by atoms with Gasteiger partial charge in [-0.15, -0.1) is 0 Å². The highest BCUT2D eigenvalue weighted by atomic mass is 35.5. The zero-order valence-electron chi connectivity index (χ0n) is 10.5. The summed E-state index contributed by atoms with van der Waals surface area (Å²) in [5.74, 6) is 0.165. The van der Waals surface area contributed by atoms with Crippen LogP contribution in [0.5, 0.6) is 5.75 Å². The smallest absolute Gasteiger partial charge is 0.311 e. The van der Waals surface area contributed by atoms with Crippen molar-refractivity contribution in [2.45, 2.75) is 13.5 Å². The number of hydrogen-bond donors (Lipinski definition) is 0. The number of aryl methyl sites for hydroxylation is 1. The van der Waals surface area contributed by atoms with Gasteiger partial charge in [0, 0.05) is 6.07 Å². The molecule has 104 valence electrons. The molecule has 0 spiro atoms. The average molecular weight is 313 g/mol. The van der Waals surface area contributed by atoms with E-state index in [-0.39, 0.29) is 23.2 Å². The molecule has 1 aromatic heterocycles. The van der Waals surface area contributed by atoms with Crippen LogP contribution in [0.2, 0.25) is 10.2 Å². The normalized spacial score (nSPS) is 10.3. The van der Waals surface area contributed by atoms with Gasteiger partial charge in [0.15, 0.2) is 5.75 Å². The number of rotatable bonds is 4. The minimum atomic E-state index is -0.491. The first-order chi connectivity index (χ1) is 9.47. The van der Waals surface area contributed by atoms with Crippen molar-refractivity contribution in [3.8, 4) is 5.75 Å². The number of nitro benzene ring substituents is 1. The molecule has 1 heterocycles. The molecule has 0 bridgehead atoms. The van der Waals surface area contributed by atoms with Gasteiger partial charge in [0.1, 0.15) is 11.8 Å². The SMILES string of the molecule is Cc1ccc(OCc2nc(Cl)ccc2Cl)c([N+](=O)[O-])c1. The molecule has 0 N–H and O–H groups in total. The van der Waals surface area contributed by atoms with Crippen molar-refractivity contribution in [3.63, 3.8) is 0 Å². The minimum absolute atomic E-state index is 0.00327. The summed E-state index contributed by atoms with van der Waals surface area (Å²) in [5, 5.41) is 11.6. The van der Waals surface area contributed by atoms with Crippen LogP contribution < -0.4 is 4.74 Å².